The van der Waals surface area contributed by atoms with E-state index < -0.39 is 17.7 Å². The van der Waals surface area contributed by atoms with E-state index in [2.05, 4.69) is 22.3 Å². The van der Waals surface area contributed by atoms with Crippen molar-refractivity contribution in [1.82, 2.24) is 10.2 Å². The van der Waals surface area contributed by atoms with Crippen molar-refractivity contribution >= 4 is 11.7 Å². The van der Waals surface area contributed by atoms with Gasteiger partial charge in [-0.05, 0) is 43.2 Å². The number of hydrogen-bond acceptors (Lipinski definition) is 3. The van der Waals surface area contributed by atoms with Crippen molar-refractivity contribution in [3.8, 4) is 0 Å². The summed E-state index contributed by atoms with van der Waals surface area (Å²) in [6.07, 6.45) is 0.0896. The zero-order chi connectivity index (χ0) is 20.8. The molecule has 2 aromatic rings. The van der Waals surface area contributed by atoms with Gasteiger partial charge in [-0.2, -0.15) is 0 Å². The molecule has 7 heteroatoms. The van der Waals surface area contributed by atoms with Gasteiger partial charge in [-0.3, -0.25) is 0 Å². The van der Waals surface area contributed by atoms with Gasteiger partial charge in [0.2, 0.25) is 0 Å². The number of halogens is 2. The second-order valence-electron chi connectivity index (χ2n) is 7.38. The Bertz CT molecular complexity index is 803. The average molecular weight is 403 g/mol. The van der Waals surface area contributed by atoms with E-state index in [1.165, 1.54) is 18.2 Å². The number of hydrogen-bond donors (Lipinski definition) is 1. The van der Waals surface area contributed by atoms with Crippen LogP contribution in [0, 0.1) is 11.6 Å². The first-order chi connectivity index (χ1) is 13.9. The minimum atomic E-state index is -0.597. The molecule has 156 valence electrons. The lowest BCUT2D eigenvalue weighted by atomic mass is 10.1. The molecule has 1 saturated heterocycles. The minimum absolute atomic E-state index is 0.0124. The summed E-state index contributed by atoms with van der Waals surface area (Å²) < 4.78 is 32.9. The van der Waals surface area contributed by atoms with E-state index in [-0.39, 0.29) is 18.0 Å². The second kappa shape index (κ2) is 9.69. The lowest BCUT2D eigenvalue weighted by Gasteiger charge is -2.29. The predicted octanol–water partition coefficient (Wildman–Crippen LogP) is 3.57. The molecular weight excluding hydrogens is 376 g/mol. The number of anilines is 1. The summed E-state index contributed by atoms with van der Waals surface area (Å²) >= 11 is 0. The van der Waals surface area contributed by atoms with Gasteiger partial charge >= 0.3 is 6.03 Å². The van der Waals surface area contributed by atoms with E-state index in [0.717, 1.165) is 37.6 Å². The highest BCUT2D eigenvalue weighted by atomic mass is 19.1. The standard InChI is InChI=1S/C22H27F2N3O2/c1-16(14-19-20(23)4-3-5-21(19)24)25-22(28)26(2)15-17-6-8-18(9-7-17)27-10-12-29-13-11-27/h3-9,16H,10-15H2,1-2H3,(H,25,28). The van der Waals surface area contributed by atoms with Crippen molar-refractivity contribution in [2.75, 3.05) is 38.3 Å². The normalized spacial score (nSPS) is 15.1. The smallest absolute Gasteiger partial charge is 0.317 e. The summed E-state index contributed by atoms with van der Waals surface area (Å²) in [5.41, 5.74) is 2.14. The fourth-order valence-electron chi connectivity index (χ4n) is 3.38. The molecule has 0 radical (unpaired) electrons. The van der Waals surface area contributed by atoms with E-state index in [1.807, 2.05) is 12.1 Å². The molecule has 0 aromatic heterocycles. The molecule has 2 amide bonds. The summed E-state index contributed by atoms with van der Waals surface area (Å²) in [6, 6.07) is 11.2. The molecule has 1 aliphatic heterocycles. The quantitative estimate of drug-likeness (QED) is 0.802. The van der Waals surface area contributed by atoms with Crippen LogP contribution in [-0.2, 0) is 17.7 Å². The molecular formula is C22H27F2N3O2. The third-order valence-corrected chi connectivity index (χ3v) is 5.02. The molecule has 0 aliphatic carbocycles. The van der Waals surface area contributed by atoms with Crippen molar-refractivity contribution in [1.29, 1.82) is 0 Å². The number of carbonyl (C=O) groups is 1. The number of carbonyl (C=O) groups excluding carboxylic acids is 1. The fourth-order valence-corrected chi connectivity index (χ4v) is 3.38. The number of nitrogens with zero attached hydrogens (tertiary/aromatic N) is 2. The summed E-state index contributed by atoms with van der Waals surface area (Å²) in [6.45, 7) is 5.40. The molecule has 29 heavy (non-hydrogen) atoms. The second-order valence-corrected chi connectivity index (χ2v) is 7.38. The Balaban J connectivity index is 1.52. The maximum absolute atomic E-state index is 13.8. The van der Waals surface area contributed by atoms with Crippen molar-refractivity contribution in [3.63, 3.8) is 0 Å². The SMILES string of the molecule is CC(Cc1c(F)cccc1F)NC(=O)N(C)Cc1ccc(N2CCOCC2)cc1. The number of rotatable bonds is 6. The maximum Gasteiger partial charge on any atom is 0.317 e. The Hall–Kier alpha value is -2.67. The van der Waals surface area contributed by atoms with Crippen molar-refractivity contribution in [3.05, 3.63) is 65.2 Å². The van der Waals surface area contributed by atoms with E-state index in [1.54, 1.807) is 18.9 Å². The van der Waals surface area contributed by atoms with E-state index in [9.17, 15) is 13.6 Å². The van der Waals surface area contributed by atoms with Gasteiger partial charge in [0, 0.05) is 44.0 Å². The first-order valence-corrected chi connectivity index (χ1v) is 9.80. The average Bonchev–Trinajstić information content (AvgIpc) is 2.72. The molecule has 5 nitrogen and oxygen atoms in total. The van der Waals surface area contributed by atoms with Crippen LogP contribution in [0.5, 0.6) is 0 Å². The van der Waals surface area contributed by atoms with Crippen LogP contribution in [0.1, 0.15) is 18.1 Å². The molecule has 3 rings (SSSR count). The van der Waals surface area contributed by atoms with Crippen LogP contribution in [0.15, 0.2) is 42.5 Å². The van der Waals surface area contributed by atoms with E-state index >= 15 is 0 Å². The van der Waals surface area contributed by atoms with Gasteiger partial charge in [0.05, 0.1) is 13.2 Å². The molecule has 0 bridgehead atoms. The fraction of sp³-hybridized carbons (Fsp3) is 0.409. The van der Waals surface area contributed by atoms with Crippen LogP contribution >= 0.6 is 0 Å². The highest BCUT2D eigenvalue weighted by Crippen LogP contribution is 2.18. The van der Waals surface area contributed by atoms with E-state index in [0.29, 0.717) is 6.54 Å². The Morgan fingerprint density at radius 3 is 2.38 bits per heavy atom. The van der Waals surface area contributed by atoms with Crippen LogP contribution in [0.4, 0.5) is 19.3 Å². The molecule has 1 fully saturated rings. The van der Waals surface area contributed by atoms with Crippen LogP contribution in [0.3, 0.4) is 0 Å². The van der Waals surface area contributed by atoms with Gasteiger partial charge in [0.25, 0.3) is 0 Å². The van der Waals surface area contributed by atoms with Gasteiger partial charge in [-0.25, -0.2) is 13.6 Å². The zero-order valence-electron chi connectivity index (χ0n) is 16.8. The molecule has 1 heterocycles. The topological polar surface area (TPSA) is 44.8 Å². The Morgan fingerprint density at radius 1 is 1.14 bits per heavy atom. The van der Waals surface area contributed by atoms with Crippen LogP contribution in [0.25, 0.3) is 0 Å². The van der Waals surface area contributed by atoms with Crippen molar-refractivity contribution in [2.45, 2.75) is 25.9 Å². The third kappa shape index (κ3) is 5.67. The van der Waals surface area contributed by atoms with Gasteiger partial charge in [0.1, 0.15) is 11.6 Å². The largest absolute Gasteiger partial charge is 0.378 e. The van der Waals surface area contributed by atoms with Crippen LogP contribution < -0.4 is 10.2 Å². The minimum Gasteiger partial charge on any atom is -0.378 e. The summed E-state index contributed by atoms with van der Waals surface area (Å²) in [5, 5.41) is 2.80. The number of amides is 2. The number of ether oxygens (including phenoxy) is 1. The Morgan fingerprint density at radius 2 is 1.76 bits per heavy atom. The first kappa shape index (κ1) is 21.0. The third-order valence-electron chi connectivity index (χ3n) is 5.02. The van der Waals surface area contributed by atoms with Gasteiger partial charge in [-0.15, -0.1) is 0 Å². The van der Waals surface area contributed by atoms with Gasteiger partial charge in [0.15, 0.2) is 0 Å². The Kier molecular flexibility index (Phi) is 7.04. The lowest BCUT2D eigenvalue weighted by molar-refractivity contribution is 0.122. The van der Waals surface area contributed by atoms with E-state index in [4.69, 9.17) is 4.74 Å². The molecule has 2 aromatic carbocycles. The summed E-state index contributed by atoms with van der Waals surface area (Å²) in [4.78, 5) is 16.3. The van der Waals surface area contributed by atoms with Crippen molar-refractivity contribution < 1.29 is 18.3 Å². The number of nitrogens with one attached hydrogen (secondary N) is 1. The highest BCUT2D eigenvalue weighted by Gasteiger charge is 2.17. The first-order valence-electron chi connectivity index (χ1n) is 9.80. The summed E-state index contributed by atoms with van der Waals surface area (Å²) in [7, 11) is 1.70. The van der Waals surface area contributed by atoms with Gasteiger partial charge < -0.3 is 19.9 Å². The summed E-state index contributed by atoms with van der Waals surface area (Å²) in [5.74, 6) is -1.19. The lowest BCUT2D eigenvalue weighted by Crippen LogP contribution is -2.42. The number of urea groups is 1. The molecule has 1 unspecified atom stereocenters. The zero-order valence-corrected chi connectivity index (χ0v) is 16.8. The highest BCUT2D eigenvalue weighted by molar-refractivity contribution is 5.74. The predicted molar refractivity (Wildman–Crippen MR) is 109 cm³/mol. The molecule has 0 saturated carbocycles. The molecule has 1 aliphatic rings. The maximum atomic E-state index is 13.8. The molecule has 0 spiro atoms. The van der Waals surface area contributed by atoms with Crippen molar-refractivity contribution in [2.24, 2.45) is 0 Å². The molecule has 1 N–H and O–H groups in total. The number of benzene rings is 2. The van der Waals surface area contributed by atoms with Crippen LogP contribution in [0.2, 0.25) is 0 Å². The number of morpholine rings is 1. The van der Waals surface area contributed by atoms with Crippen LogP contribution in [-0.4, -0.2) is 50.3 Å². The van der Waals surface area contributed by atoms with Gasteiger partial charge in [-0.1, -0.05) is 18.2 Å². The molecule has 1 atom stereocenters. The Labute approximate surface area is 170 Å². The monoisotopic (exact) mass is 403 g/mol.